The molecule has 0 bridgehead atoms. The highest BCUT2D eigenvalue weighted by atomic mass is 16.6. The molecule has 0 aliphatic heterocycles. The van der Waals surface area contributed by atoms with Gasteiger partial charge < -0.3 is 18.9 Å². The van der Waals surface area contributed by atoms with Gasteiger partial charge in [-0.1, -0.05) is 257 Å². The van der Waals surface area contributed by atoms with Gasteiger partial charge in [-0.25, -0.2) is 0 Å². The Bertz CT molecular complexity index is 1320. The van der Waals surface area contributed by atoms with Gasteiger partial charge in [-0.3, -0.25) is 19.2 Å². The fourth-order valence-corrected chi connectivity index (χ4v) is 11.2. The summed E-state index contributed by atoms with van der Waals surface area (Å²) in [6.07, 6.45) is 75.6. The first-order valence-corrected chi connectivity index (χ1v) is 36.9. The Labute approximate surface area is 515 Å². The molecule has 8 heteroatoms. The number of esters is 4. The highest BCUT2D eigenvalue weighted by Gasteiger charge is 2.16. The van der Waals surface area contributed by atoms with E-state index in [0.717, 1.165) is 148 Å². The average molecular weight is 1170 g/mol. The smallest absolute Gasteiger partial charge is 0.306 e. The van der Waals surface area contributed by atoms with Gasteiger partial charge in [-0.2, -0.15) is 0 Å². The van der Waals surface area contributed by atoms with Crippen LogP contribution >= 0.6 is 0 Å². The van der Waals surface area contributed by atoms with Crippen molar-refractivity contribution < 1.29 is 38.1 Å². The van der Waals surface area contributed by atoms with Crippen molar-refractivity contribution in [2.45, 2.75) is 419 Å². The summed E-state index contributed by atoms with van der Waals surface area (Å²) >= 11 is 0. The van der Waals surface area contributed by atoms with Crippen molar-refractivity contribution in [3.05, 3.63) is 24.3 Å². The third-order valence-corrected chi connectivity index (χ3v) is 16.8. The number of allylic oxidation sites excluding steroid dienone is 4. The lowest BCUT2D eigenvalue weighted by Gasteiger charge is -2.18. The number of carbonyl (C=O) groups excluding carboxylic acids is 4. The predicted molar refractivity (Wildman–Crippen MR) is 355 cm³/mol. The van der Waals surface area contributed by atoms with E-state index in [-0.39, 0.29) is 36.1 Å². The zero-order chi connectivity index (χ0) is 60.3. The van der Waals surface area contributed by atoms with Gasteiger partial charge in [0.05, 0.1) is 13.2 Å². The van der Waals surface area contributed by atoms with Crippen molar-refractivity contribution in [1.82, 2.24) is 0 Å². The molecule has 0 rings (SSSR count). The highest BCUT2D eigenvalue weighted by Crippen LogP contribution is 2.21. The quantitative estimate of drug-likeness (QED) is 0.0257. The minimum absolute atomic E-state index is 0.0105. The SMILES string of the molecule is CCCCCCCC/C=C/CCCCCCCC(=O)OC(CCCCCCCC)CCCCCCCC(=O)OCCCCCOC(=O)CCCCCCCC(CCCCCCCC)OC(=O)CCCCCCC/C=C/CCCCCCCC. The summed E-state index contributed by atoms with van der Waals surface area (Å²) in [5.41, 5.74) is 0. The molecule has 0 aromatic rings. The summed E-state index contributed by atoms with van der Waals surface area (Å²) in [5, 5.41) is 0. The number of ether oxygens (including phenoxy) is 4. The van der Waals surface area contributed by atoms with E-state index in [1.54, 1.807) is 0 Å². The molecule has 2 unspecified atom stereocenters. The van der Waals surface area contributed by atoms with Crippen molar-refractivity contribution in [1.29, 1.82) is 0 Å². The topological polar surface area (TPSA) is 105 Å². The molecule has 0 saturated carbocycles. The molecule has 0 N–H and O–H groups in total. The van der Waals surface area contributed by atoms with Gasteiger partial charge in [-0.15, -0.1) is 0 Å². The second kappa shape index (κ2) is 68.5. The van der Waals surface area contributed by atoms with Crippen LogP contribution in [0.25, 0.3) is 0 Å². The maximum atomic E-state index is 12.9. The van der Waals surface area contributed by atoms with Gasteiger partial charge in [0.25, 0.3) is 0 Å². The molecule has 0 heterocycles. The molecular weight excluding hydrogens is 1030 g/mol. The monoisotopic (exact) mass is 1170 g/mol. The Kier molecular flexibility index (Phi) is 66.3. The molecule has 83 heavy (non-hydrogen) atoms. The van der Waals surface area contributed by atoms with Crippen molar-refractivity contribution in [3.63, 3.8) is 0 Å². The Hall–Kier alpha value is -2.64. The third kappa shape index (κ3) is 65.2. The molecule has 0 amide bonds. The van der Waals surface area contributed by atoms with Gasteiger partial charge in [0.2, 0.25) is 0 Å². The first kappa shape index (κ1) is 80.4. The molecule has 0 aromatic heterocycles. The minimum Gasteiger partial charge on any atom is -0.466 e. The molecule has 8 nitrogen and oxygen atoms in total. The number of hydrogen-bond donors (Lipinski definition) is 0. The summed E-state index contributed by atoms with van der Waals surface area (Å²) in [6.45, 7) is 9.89. The van der Waals surface area contributed by atoms with Crippen molar-refractivity contribution in [3.8, 4) is 0 Å². The second-order valence-electron chi connectivity index (χ2n) is 25.1. The molecule has 0 radical (unpaired) electrons. The number of carbonyl (C=O) groups is 4. The number of rotatable bonds is 68. The zero-order valence-electron chi connectivity index (χ0n) is 55.9. The summed E-state index contributed by atoms with van der Waals surface area (Å²) in [4.78, 5) is 50.5. The molecule has 0 fully saturated rings. The van der Waals surface area contributed by atoms with Crippen LogP contribution in [-0.2, 0) is 38.1 Å². The van der Waals surface area contributed by atoms with Gasteiger partial charge in [0, 0.05) is 25.7 Å². The maximum absolute atomic E-state index is 12.9. The van der Waals surface area contributed by atoms with E-state index in [1.807, 2.05) is 0 Å². The number of hydrogen-bond acceptors (Lipinski definition) is 8. The standard InChI is InChI=1S/C75H140O8/c1-5-9-13-17-21-23-25-27-29-31-33-35-37-45-56-66-74(78)82-70(60-50-41-19-15-11-7-3)62-52-43-39-47-54-64-72(76)80-68-58-49-59-69-81-73(77)65-55-48-40-44-53-63-71(61-51-42-20-16-12-8-4)83-75(79)67-57-46-38-36-34-32-30-28-26-24-22-18-14-10-6-2/h27-30,70-71H,5-26,31-69H2,1-4H3/b29-27+,30-28+. The van der Waals surface area contributed by atoms with Gasteiger partial charge in [0.1, 0.15) is 12.2 Å². The van der Waals surface area contributed by atoms with Crippen LogP contribution in [0.5, 0.6) is 0 Å². The lowest BCUT2D eigenvalue weighted by Crippen LogP contribution is -2.18. The average Bonchev–Trinajstić information content (AvgIpc) is 3.47. The molecule has 0 aromatic carbocycles. The van der Waals surface area contributed by atoms with Crippen LogP contribution in [0.2, 0.25) is 0 Å². The predicted octanol–water partition coefficient (Wildman–Crippen LogP) is 24.1. The van der Waals surface area contributed by atoms with Crippen LogP contribution in [0.3, 0.4) is 0 Å². The van der Waals surface area contributed by atoms with Crippen LogP contribution in [0, 0.1) is 0 Å². The van der Waals surface area contributed by atoms with Crippen molar-refractivity contribution in [2.24, 2.45) is 0 Å². The summed E-state index contributed by atoms with van der Waals surface area (Å²) < 4.78 is 23.1. The Morgan fingerprint density at radius 1 is 0.241 bits per heavy atom. The maximum Gasteiger partial charge on any atom is 0.306 e. The van der Waals surface area contributed by atoms with E-state index in [9.17, 15) is 19.2 Å². The Morgan fingerprint density at radius 2 is 0.446 bits per heavy atom. The third-order valence-electron chi connectivity index (χ3n) is 16.8. The molecule has 2 atom stereocenters. The van der Waals surface area contributed by atoms with Crippen LogP contribution in [0.1, 0.15) is 407 Å². The zero-order valence-corrected chi connectivity index (χ0v) is 55.9. The first-order chi connectivity index (χ1) is 40.9. The van der Waals surface area contributed by atoms with Crippen LogP contribution < -0.4 is 0 Å². The van der Waals surface area contributed by atoms with Gasteiger partial charge in [-0.05, 0) is 148 Å². The normalized spacial score (nSPS) is 12.4. The van der Waals surface area contributed by atoms with Crippen LogP contribution in [-0.4, -0.2) is 49.3 Å². The van der Waals surface area contributed by atoms with Gasteiger partial charge in [0.15, 0.2) is 0 Å². The van der Waals surface area contributed by atoms with E-state index >= 15 is 0 Å². The van der Waals surface area contributed by atoms with E-state index < -0.39 is 0 Å². The molecule has 488 valence electrons. The fraction of sp³-hybridized carbons (Fsp3) is 0.893. The largest absolute Gasteiger partial charge is 0.466 e. The molecule has 0 aliphatic rings. The summed E-state index contributed by atoms with van der Waals surface area (Å²) in [5.74, 6) is -0.263. The van der Waals surface area contributed by atoms with Crippen molar-refractivity contribution in [2.75, 3.05) is 13.2 Å². The minimum atomic E-state index is -0.121. The number of unbranched alkanes of at least 4 members (excludes halogenated alkanes) is 42. The van der Waals surface area contributed by atoms with E-state index in [2.05, 4.69) is 52.0 Å². The van der Waals surface area contributed by atoms with Crippen LogP contribution in [0.4, 0.5) is 0 Å². The first-order valence-electron chi connectivity index (χ1n) is 36.9. The lowest BCUT2D eigenvalue weighted by atomic mass is 10.0. The molecule has 0 saturated heterocycles. The van der Waals surface area contributed by atoms with Crippen LogP contribution in [0.15, 0.2) is 24.3 Å². The van der Waals surface area contributed by atoms with Crippen molar-refractivity contribution >= 4 is 23.9 Å². The van der Waals surface area contributed by atoms with E-state index in [4.69, 9.17) is 18.9 Å². The molecule has 0 spiro atoms. The second-order valence-corrected chi connectivity index (χ2v) is 25.1. The highest BCUT2D eigenvalue weighted by molar-refractivity contribution is 5.70. The van der Waals surface area contributed by atoms with Gasteiger partial charge >= 0.3 is 23.9 Å². The summed E-state index contributed by atoms with van der Waals surface area (Å²) in [7, 11) is 0. The Morgan fingerprint density at radius 3 is 0.711 bits per heavy atom. The summed E-state index contributed by atoms with van der Waals surface area (Å²) in [6, 6.07) is 0. The lowest BCUT2D eigenvalue weighted by molar-refractivity contribution is -0.151. The Balaban J connectivity index is 4.10. The van der Waals surface area contributed by atoms with E-state index in [1.165, 1.54) is 205 Å². The molecule has 0 aliphatic carbocycles. The molecular formula is C75H140O8. The fourth-order valence-electron chi connectivity index (χ4n) is 11.2. The van der Waals surface area contributed by atoms with E-state index in [0.29, 0.717) is 38.9 Å².